The Labute approximate surface area is 122 Å². The zero-order valence-electron chi connectivity index (χ0n) is 12.0. The Kier molecular flexibility index (Phi) is 4.32. The SMILES string of the molecule is CC(C)(C)OC(=O)N[C@@H]1CC[C@@H](Nc2nnc(N)s2)C1. The van der Waals surface area contributed by atoms with Gasteiger partial charge in [-0.15, -0.1) is 10.2 Å². The van der Waals surface area contributed by atoms with Crippen LogP contribution in [0.5, 0.6) is 0 Å². The summed E-state index contributed by atoms with van der Waals surface area (Å²) in [4.78, 5) is 11.7. The Morgan fingerprint density at radius 2 is 2.05 bits per heavy atom. The Bertz CT molecular complexity index is 471. The highest BCUT2D eigenvalue weighted by Crippen LogP contribution is 2.25. The minimum atomic E-state index is -0.468. The highest BCUT2D eigenvalue weighted by Gasteiger charge is 2.28. The van der Waals surface area contributed by atoms with Crippen LogP contribution < -0.4 is 16.4 Å². The van der Waals surface area contributed by atoms with Crippen LogP contribution in [-0.2, 0) is 4.74 Å². The Hall–Kier alpha value is -1.57. The molecule has 1 amide bonds. The fourth-order valence-corrected chi connectivity index (χ4v) is 2.77. The first kappa shape index (κ1) is 14.8. The lowest BCUT2D eigenvalue weighted by molar-refractivity contribution is 0.0505. The number of hydrogen-bond acceptors (Lipinski definition) is 7. The van der Waals surface area contributed by atoms with Gasteiger partial charge in [0, 0.05) is 12.1 Å². The van der Waals surface area contributed by atoms with Crippen LogP contribution in [0, 0.1) is 0 Å². The van der Waals surface area contributed by atoms with Crippen molar-refractivity contribution >= 4 is 27.7 Å². The van der Waals surface area contributed by atoms with Crippen LogP contribution in [0.1, 0.15) is 40.0 Å². The molecule has 1 aromatic rings. The standard InChI is InChI=1S/C12H21N5O2S/c1-12(2,3)19-11(18)15-8-5-4-7(6-8)14-10-17-16-9(13)20-10/h7-8H,4-6H2,1-3H3,(H2,13,16)(H,14,17)(H,15,18)/t7-,8-/m1/s1. The molecule has 0 radical (unpaired) electrons. The van der Waals surface area contributed by atoms with Crippen LogP contribution in [-0.4, -0.2) is 34.0 Å². The zero-order chi connectivity index (χ0) is 14.8. The van der Waals surface area contributed by atoms with Gasteiger partial charge in [-0.1, -0.05) is 11.3 Å². The highest BCUT2D eigenvalue weighted by molar-refractivity contribution is 7.18. The summed E-state index contributed by atoms with van der Waals surface area (Å²) in [6.45, 7) is 5.56. The van der Waals surface area contributed by atoms with Gasteiger partial charge in [0.05, 0.1) is 0 Å². The number of carbonyl (C=O) groups excluding carboxylic acids is 1. The molecular formula is C12H21N5O2S. The fraction of sp³-hybridized carbons (Fsp3) is 0.750. The van der Waals surface area contributed by atoms with Gasteiger partial charge in [0.15, 0.2) is 0 Å². The number of nitrogens with one attached hydrogen (secondary N) is 2. The molecule has 7 nitrogen and oxygen atoms in total. The molecule has 2 atom stereocenters. The van der Waals surface area contributed by atoms with Crippen LogP contribution in [0.25, 0.3) is 0 Å². The Morgan fingerprint density at radius 1 is 1.35 bits per heavy atom. The molecule has 1 aliphatic rings. The van der Waals surface area contributed by atoms with Crippen molar-refractivity contribution in [3.63, 3.8) is 0 Å². The lowest BCUT2D eigenvalue weighted by atomic mass is 10.2. The van der Waals surface area contributed by atoms with E-state index in [-0.39, 0.29) is 18.2 Å². The van der Waals surface area contributed by atoms with Gasteiger partial charge in [0.1, 0.15) is 5.60 Å². The third-order valence-corrected chi connectivity index (χ3v) is 3.61. The summed E-state index contributed by atoms with van der Waals surface area (Å²) in [5, 5.41) is 15.1. The largest absolute Gasteiger partial charge is 0.444 e. The summed E-state index contributed by atoms with van der Waals surface area (Å²) in [5.74, 6) is 0. The van der Waals surface area contributed by atoms with Crippen LogP contribution in [0.4, 0.5) is 15.1 Å². The van der Waals surface area contributed by atoms with Gasteiger partial charge < -0.3 is 21.1 Å². The summed E-state index contributed by atoms with van der Waals surface area (Å²) >= 11 is 1.33. The highest BCUT2D eigenvalue weighted by atomic mass is 32.1. The van der Waals surface area contributed by atoms with Crippen LogP contribution in [0.3, 0.4) is 0 Å². The topological polar surface area (TPSA) is 102 Å². The Morgan fingerprint density at radius 3 is 2.65 bits per heavy atom. The van der Waals surface area contributed by atoms with Gasteiger partial charge in [-0.2, -0.15) is 0 Å². The number of aromatic nitrogens is 2. The maximum absolute atomic E-state index is 11.7. The fourth-order valence-electron chi connectivity index (χ4n) is 2.19. The molecule has 0 aliphatic heterocycles. The molecule has 0 unspecified atom stereocenters. The van der Waals surface area contributed by atoms with Gasteiger partial charge in [-0.05, 0) is 40.0 Å². The van der Waals surface area contributed by atoms with Crippen LogP contribution in [0.15, 0.2) is 0 Å². The van der Waals surface area contributed by atoms with Gasteiger partial charge in [0.25, 0.3) is 0 Å². The quantitative estimate of drug-likeness (QED) is 0.788. The molecule has 0 saturated heterocycles. The first-order valence-electron chi connectivity index (χ1n) is 6.67. The number of rotatable bonds is 3. The van der Waals surface area contributed by atoms with E-state index in [2.05, 4.69) is 20.8 Å². The minimum absolute atomic E-state index is 0.132. The number of nitrogen functional groups attached to an aromatic ring is 1. The number of anilines is 2. The van der Waals surface area contributed by atoms with Crippen molar-refractivity contribution in [2.75, 3.05) is 11.1 Å². The van der Waals surface area contributed by atoms with Crippen LogP contribution in [0.2, 0.25) is 0 Å². The van der Waals surface area contributed by atoms with Crippen molar-refractivity contribution in [1.29, 1.82) is 0 Å². The van der Waals surface area contributed by atoms with E-state index in [4.69, 9.17) is 10.5 Å². The van der Waals surface area contributed by atoms with Crippen LogP contribution >= 0.6 is 11.3 Å². The monoisotopic (exact) mass is 299 g/mol. The summed E-state index contributed by atoms with van der Waals surface area (Å²) in [7, 11) is 0. The maximum atomic E-state index is 11.7. The van der Waals surface area contributed by atoms with E-state index in [0.717, 1.165) is 24.4 Å². The summed E-state index contributed by atoms with van der Waals surface area (Å²) in [5.41, 5.74) is 5.07. The number of ether oxygens (including phenoxy) is 1. The molecule has 1 saturated carbocycles. The molecule has 4 N–H and O–H groups in total. The molecule has 0 spiro atoms. The maximum Gasteiger partial charge on any atom is 0.407 e. The number of carbonyl (C=O) groups is 1. The zero-order valence-corrected chi connectivity index (χ0v) is 12.8. The molecule has 1 aliphatic carbocycles. The summed E-state index contributed by atoms with van der Waals surface area (Å²) in [6, 6.07) is 0.412. The van der Waals surface area contributed by atoms with E-state index >= 15 is 0 Å². The molecule has 1 aromatic heterocycles. The number of nitrogens with zero attached hydrogens (tertiary/aromatic N) is 2. The molecule has 1 heterocycles. The summed E-state index contributed by atoms with van der Waals surface area (Å²) < 4.78 is 5.25. The molecule has 0 bridgehead atoms. The third kappa shape index (κ3) is 4.52. The van der Waals surface area contributed by atoms with Crippen molar-refractivity contribution < 1.29 is 9.53 Å². The number of alkyl carbamates (subject to hydrolysis) is 1. The molecule has 0 aromatic carbocycles. The molecule has 1 fully saturated rings. The predicted molar refractivity (Wildman–Crippen MR) is 78.7 cm³/mol. The van der Waals surface area contributed by atoms with E-state index in [0.29, 0.717) is 5.13 Å². The minimum Gasteiger partial charge on any atom is -0.444 e. The van der Waals surface area contributed by atoms with Gasteiger partial charge in [0.2, 0.25) is 10.3 Å². The number of hydrogen-bond donors (Lipinski definition) is 3. The second kappa shape index (κ2) is 5.82. The predicted octanol–water partition coefficient (Wildman–Crippen LogP) is 1.98. The molecule has 8 heteroatoms. The van der Waals surface area contributed by atoms with Gasteiger partial charge in [-0.25, -0.2) is 4.79 Å². The first-order valence-corrected chi connectivity index (χ1v) is 7.48. The van der Waals surface area contributed by atoms with E-state index in [1.807, 2.05) is 20.8 Å². The molecule has 20 heavy (non-hydrogen) atoms. The molecule has 112 valence electrons. The number of nitrogens with two attached hydrogens (primary N) is 1. The third-order valence-electron chi connectivity index (χ3n) is 2.92. The first-order chi connectivity index (χ1) is 9.32. The smallest absolute Gasteiger partial charge is 0.407 e. The van der Waals surface area contributed by atoms with Gasteiger partial charge >= 0.3 is 6.09 Å². The van der Waals surface area contributed by atoms with Crippen molar-refractivity contribution in [3.8, 4) is 0 Å². The van der Waals surface area contributed by atoms with Crippen molar-refractivity contribution in [3.05, 3.63) is 0 Å². The van der Waals surface area contributed by atoms with Crippen molar-refractivity contribution in [1.82, 2.24) is 15.5 Å². The molecular weight excluding hydrogens is 278 g/mol. The second-order valence-electron chi connectivity index (χ2n) is 5.94. The lowest BCUT2D eigenvalue weighted by Gasteiger charge is -2.21. The van der Waals surface area contributed by atoms with E-state index in [1.165, 1.54) is 11.3 Å². The van der Waals surface area contributed by atoms with E-state index in [9.17, 15) is 4.79 Å². The Balaban J connectivity index is 1.76. The van der Waals surface area contributed by atoms with Crippen molar-refractivity contribution in [2.24, 2.45) is 0 Å². The lowest BCUT2D eigenvalue weighted by Crippen LogP contribution is -2.38. The van der Waals surface area contributed by atoms with E-state index in [1.54, 1.807) is 0 Å². The van der Waals surface area contributed by atoms with E-state index < -0.39 is 5.60 Å². The van der Waals surface area contributed by atoms with Gasteiger partial charge in [-0.3, -0.25) is 0 Å². The summed E-state index contributed by atoms with van der Waals surface area (Å²) in [6.07, 6.45) is 2.38. The normalized spacial score (nSPS) is 22.6. The average Bonchev–Trinajstić information content (AvgIpc) is 2.86. The number of amides is 1. The molecule has 2 rings (SSSR count). The second-order valence-corrected chi connectivity index (χ2v) is 6.95. The average molecular weight is 299 g/mol. The van der Waals surface area contributed by atoms with Crippen molar-refractivity contribution in [2.45, 2.75) is 57.7 Å².